The van der Waals surface area contributed by atoms with Crippen molar-refractivity contribution in [1.82, 2.24) is 0 Å². The maximum absolute atomic E-state index is 13.6. The van der Waals surface area contributed by atoms with E-state index in [1.54, 1.807) is 6.92 Å². The van der Waals surface area contributed by atoms with E-state index in [1.807, 2.05) is 24.3 Å². The molecule has 94 valence electrons. The van der Waals surface area contributed by atoms with Gasteiger partial charge in [0.05, 0.1) is 5.92 Å². The number of alkyl halides is 1. The minimum absolute atomic E-state index is 0.315. The van der Waals surface area contributed by atoms with Gasteiger partial charge in [-0.2, -0.15) is 0 Å². The highest BCUT2D eigenvalue weighted by Crippen LogP contribution is 2.21. The van der Waals surface area contributed by atoms with Crippen LogP contribution in [0.2, 0.25) is 0 Å². The summed E-state index contributed by atoms with van der Waals surface area (Å²) < 4.78 is 13.6. The lowest BCUT2D eigenvalue weighted by molar-refractivity contribution is -0.141. The summed E-state index contributed by atoms with van der Waals surface area (Å²) in [5, 5.41) is 8.89. The van der Waals surface area contributed by atoms with E-state index in [4.69, 9.17) is 5.11 Å². The molecule has 1 aromatic carbocycles. The van der Waals surface area contributed by atoms with Crippen LogP contribution < -0.4 is 0 Å². The Bertz CT molecular complexity index is 393. The van der Waals surface area contributed by atoms with E-state index in [1.165, 1.54) is 13.8 Å². The molecule has 1 rings (SSSR count). The standard InChI is InChI=1S/C14H19FO2/c1-10(13(16)17)8-11-6-4-5-7-12(11)9-14(2,3)15/h4-7,10H,8-9H2,1-3H3,(H,16,17). The van der Waals surface area contributed by atoms with Gasteiger partial charge in [0.2, 0.25) is 0 Å². The average molecular weight is 238 g/mol. The maximum atomic E-state index is 13.6. The molecule has 0 aliphatic carbocycles. The highest BCUT2D eigenvalue weighted by atomic mass is 19.1. The first-order chi connectivity index (χ1) is 7.79. The zero-order valence-electron chi connectivity index (χ0n) is 10.5. The van der Waals surface area contributed by atoms with Crippen molar-refractivity contribution in [3.8, 4) is 0 Å². The highest BCUT2D eigenvalue weighted by molar-refractivity contribution is 5.70. The van der Waals surface area contributed by atoms with Crippen molar-refractivity contribution in [3.05, 3.63) is 35.4 Å². The van der Waals surface area contributed by atoms with E-state index in [2.05, 4.69) is 0 Å². The Hall–Kier alpha value is -1.38. The average Bonchev–Trinajstić information content (AvgIpc) is 2.18. The first-order valence-electron chi connectivity index (χ1n) is 5.78. The van der Waals surface area contributed by atoms with E-state index in [0.29, 0.717) is 12.8 Å². The predicted molar refractivity (Wildman–Crippen MR) is 65.8 cm³/mol. The molecule has 0 aromatic heterocycles. The van der Waals surface area contributed by atoms with E-state index in [0.717, 1.165) is 11.1 Å². The summed E-state index contributed by atoms with van der Waals surface area (Å²) in [6.45, 7) is 4.73. The van der Waals surface area contributed by atoms with E-state index in [9.17, 15) is 9.18 Å². The Morgan fingerprint density at radius 1 is 1.35 bits per heavy atom. The van der Waals surface area contributed by atoms with Gasteiger partial charge in [-0.05, 0) is 31.4 Å². The number of carboxylic acids is 1. The van der Waals surface area contributed by atoms with Gasteiger partial charge in [0.25, 0.3) is 0 Å². The summed E-state index contributed by atoms with van der Waals surface area (Å²) in [4.78, 5) is 10.8. The minimum Gasteiger partial charge on any atom is -0.481 e. The maximum Gasteiger partial charge on any atom is 0.306 e. The molecule has 0 fully saturated rings. The fraction of sp³-hybridized carbons (Fsp3) is 0.500. The zero-order chi connectivity index (χ0) is 13.1. The molecule has 0 saturated heterocycles. The third kappa shape index (κ3) is 4.55. The monoisotopic (exact) mass is 238 g/mol. The summed E-state index contributed by atoms with van der Waals surface area (Å²) >= 11 is 0. The van der Waals surface area contributed by atoms with Crippen molar-refractivity contribution >= 4 is 5.97 Å². The lowest BCUT2D eigenvalue weighted by atomic mass is 9.91. The number of hydrogen-bond donors (Lipinski definition) is 1. The molecule has 0 saturated carbocycles. The highest BCUT2D eigenvalue weighted by Gasteiger charge is 2.20. The second kappa shape index (κ2) is 5.30. The van der Waals surface area contributed by atoms with Crippen LogP contribution in [0.15, 0.2) is 24.3 Å². The van der Waals surface area contributed by atoms with Crippen molar-refractivity contribution in [1.29, 1.82) is 0 Å². The second-order valence-electron chi connectivity index (χ2n) is 5.11. The summed E-state index contributed by atoms with van der Waals surface area (Å²) in [5.41, 5.74) is 0.545. The van der Waals surface area contributed by atoms with Crippen molar-refractivity contribution in [2.24, 2.45) is 5.92 Å². The molecule has 0 bridgehead atoms. The molecule has 17 heavy (non-hydrogen) atoms. The zero-order valence-corrected chi connectivity index (χ0v) is 10.5. The van der Waals surface area contributed by atoms with Crippen molar-refractivity contribution in [2.45, 2.75) is 39.3 Å². The topological polar surface area (TPSA) is 37.3 Å². The lowest BCUT2D eigenvalue weighted by Crippen LogP contribution is -2.18. The SMILES string of the molecule is CC(Cc1ccccc1CC(C)(C)F)C(=O)O. The van der Waals surface area contributed by atoms with Crippen molar-refractivity contribution in [3.63, 3.8) is 0 Å². The first kappa shape index (κ1) is 13.7. The summed E-state index contributed by atoms with van der Waals surface area (Å²) in [6, 6.07) is 7.46. The van der Waals surface area contributed by atoms with Crippen LogP contribution in [0.5, 0.6) is 0 Å². The van der Waals surface area contributed by atoms with Gasteiger partial charge in [0.15, 0.2) is 0 Å². The molecule has 1 N–H and O–H groups in total. The van der Waals surface area contributed by atoms with Gasteiger partial charge in [0.1, 0.15) is 5.67 Å². The summed E-state index contributed by atoms with van der Waals surface area (Å²) in [5.74, 6) is -1.27. The van der Waals surface area contributed by atoms with Crippen LogP contribution in [0, 0.1) is 5.92 Å². The molecule has 1 unspecified atom stereocenters. The summed E-state index contributed by atoms with van der Waals surface area (Å²) in [6.07, 6.45) is 0.761. The number of halogens is 1. The minimum atomic E-state index is -1.28. The number of carbonyl (C=O) groups is 1. The fourth-order valence-corrected chi connectivity index (χ4v) is 1.80. The molecule has 0 aliphatic heterocycles. The number of hydrogen-bond acceptors (Lipinski definition) is 1. The van der Waals surface area contributed by atoms with Gasteiger partial charge >= 0.3 is 5.97 Å². The largest absolute Gasteiger partial charge is 0.481 e. The lowest BCUT2D eigenvalue weighted by Gasteiger charge is -2.18. The Kier molecular flexibility index (Phi) is 4.27. The molecule has 2 nitrogen and oxygen atoms in total. The number of benzene rings is 1. The molecule has 0 spiro atoms. The van der Waals surface area contributed by atoms with Gasteiger partial charge < -0.3 is 5.11 Å². The Balaban J connectivity index is 2.88. The van der Waals surface area contributed by atoms with Gasteiger partial charge in [-0.25, -0.2) is 4.39 Å². The Labute approximate surface area is 101 Å². The fourth-order valence-electron chi connectivity index (χ4n) is 1.80. The molecule has 3 heteroatoms. The third-order valence-electron chi connectivity index (χ3n) is 2.68. The Morgan fingerprint density at radius 2 is 1.88 bits per heavy atom. The van der Waals surface area contributed by atoms with Crippen molar-refractivity contribution < 1.29 is 14.3 Å². The number of rotatable bonds is 5. The van der Waals surface area contributed by atoms with E-state index < -0.39 is 17.6 Å². The molecule has 1 aromatic rings. The van der Waals surface area contributed by atoms with Gasteiger partial charge in [-0.3, -0.25) is 4.79 Å². The molecule has 0 heterocycles. The van der Waals surface area contributed by atoms with Crippen LogP contribution in [0.25, 0.3) is 0 Å². The number of aliphatic carboxylic acids is 1. The van der Waals surface area contributed by atoms with Gasteiger partial charge in [0, 0.05) is 6.42 Å². The predicted octanol–water partition coefficient (Wildman–Crippen LogP) is 3.24. The molecule has 0 amide bonds. The van der Waals surface area contributed by atoms with Crippen LogP contribution in [-0.2, 0) is 17.6 Å². The van der Waals surface area contributed by atoms with Crippen LogP contribution in [-0.4, -0.2) is 16.7 Å². The molecule has 0 aliphatic rings. The Morgan fingerprint density at radius 3 is 2.35 bits per heavy atom. The van der Waals surface area contributed by atoms with Crippen molar-refractivity contribution in [2.75, 3.05) is 0 Å². The molecule has 1 atom stereocenters. The summed E-state index contributed by atoms with van der Waals surface area (Å²) in [7, 11) is 0. The molecular formula is C14H19FO2. The van der Waals surface area contributed by atoms with E-state index >= 15 is 0 Å². The quantitative estimate of drug-likeness (QED) is 0.855. The smallest absolute Gasteiger partial charge is 0.306 e. The molecule has 0 radical (unpaired) electrons. The second-order valence-corrected chi connectivity index (χ2v) is 5.11. The van der Waals surface area contributed by atoms with Crippen LogP contribution in [0.3, 0.4) is 0 Å². The van der Waals surface area contributed by atoms with Crippen LogP contribution in [0.4, 0.5) is 4.39 Å². The van der Waals surface area contributed by atoms with Crippen LogP contribution >= 0.6 is 0 Å². The van der Waals surface area contributed by atoms with E-state index in [-0.39, 0.29) is 0 Å². The van der Waals surface area contributed by atoms with Gasteiger partial charge in [-0.1, -0.05) is 31.2 Å². The van der Waals surface area contributed by atoms with Gasteiger partial charge in [-0.15, -0.1) is 0 Å². The normalized spacial score (nSPS) is 13.4. The van der Waals surface area contributed by atoms with Crippen LogP contribution in [0.1, 0.15) is 31.9 Å². The molecular weight excluding hydrogens is 219 g/mol. The first-order valence-corrected chi connectivity index (χ1v) is 5.78. The number of carboxylic acid groups (broad SMARTS) is 1. The third-order valence-corrected chi connectivity index (χ3v) is 2.68.